The minimum atomic E-state index is -0.0205. The molecule has 1 saturated heterocycles. The van der Waals surface area contributed by atoms with Gasteiger partial charge in [-0.15, -0.1) is 0 Å². The highest BCUT2D eigenvalue weighted by Gasteiger charge is 2.27. The van der Waals surface area contributed by atoms with Crippen molar-refractivity contribution in [3.05, 3.63) is 29.8 Å². The van der Waals surface area contributed by atoms with Crippen LogP contribution in [-0.2, 0) is 9.59 Å². The number of carbonyl (C=O) groups is 2. The fourth-order valence-electron chi connectivity index (χ4n) is 3.02. The average Bonchev–Trinajstić information content (AvgIpc) is 2.62. The molecule has 0 aliphatic carbocycles. The van der Waals surface area contributed by atoms with Crippen LogP contribution in [0.5, 0.6) is 5.75 Å². The maximum absolute atomic E-state index is 12.4. The summed E-state index contributed by atoms with van der Waals surface area (Å²) in [5.74, 6) is 1.06. The zero-order valence-electron chi connectivity index (χ0n) is 15.0. The third-order valence-corrected chi connectivity index (χ3v) is 4.72. The zero-order chi connectivity index (χ0) is 17.5. The summed E-state index contributed by atoms with van der Waals surface area (Å²) < 4.78 is 5.63. The second kappa shape index (κ2) is 8.71. The Labute approximate surface area is 144 Å². The number of carbonyl (C=O) groups excluding carboxylic acids is 2. The van der Waals surface area contributed by atoms with E-state index in [1.54, 1.807) is 4.90 Å². The number of benzene rings is 1. The fourth-order valence-corrected chi connectivity index (χ4v) is 3.02. The number of hydrogen-bond donors (Lipinski definition) is 0. The molecule has 5 heteroatoms. The van der Waals surface area contributed by atoms with E-state index in [-0.39, 0.29) is 24.3 Å². The van der Waals surface area contributed by atoms with E-state index in [1.807, 2.05) is 36.1 Å². The van der Waals surface area contributed by atoms with Gasteiger partial charge in [0.1, 0.15) is 5.75 Å². The standard InChI is InChI=1S/C19H28N2O3/c1-4-16(5-2)19(23)21-12-10-20(11-13-21)18(22)14-24-17-9-7-6-8-15(17)3/h6-9,16H,4-5,10-14H2,1-3H3. The summed E-state index contributed by atoms with van der Waals surface area (Å²) in [7, 11) is 0. The molecule has 5 nitrogen and oxygen atoms in total. The van der Waals surface area contributed by atoms with Crippen molar-refractivity contribution in [1.29, 1.82) is 0 Å². The second-order valence-electron chi connectivity index (χ2n) is 6.27. The molecule has 0 spiro atoms. The topological polar surface area (TPSA) is 49.9 Å². The van der Waals surface area contributed by atoms with Crippen molar-refractivity contribution in [3.63, 3.8) is 0 Å². The molecule has 1 aliphatic rings. The third-order valence-electron chi connectivity index (χ3n) is 4.72. The smallest absolute Gasteiger partial charge is 0.260 e. The third kappa shape index (κ3) is 4.49. The SMILES string of the molecule is CCC(CC)C(=O)N1CCN(C(=O)COc2ccccc2C)CC1. The molecule has 2 amide bonds. The summed E-state index contributed by atoms with van der Waals surface area (Å²) in [6, 6.07) is 7.67. The first-order valence-electron chi connectivity index (χ1n) is 8.81. The maximum Gasteiger partial charge on any atom is 0.260 e. The summed E-state index contributed by atoms with van der Waals surface area (Å²) in [6.07, 6.45) is 1.75. The van der Waals surface area contributed by atoms with Gasteiger partial charge in [0.05, 0.1) is 0 Å². The lowest BCUT2D eigenvalue weighted by Gasteiger charge is -2.36. The summed E-state index contributed by atoms with van der Waals surface area (Å²) in [6.45, 7) is 8.51. The lowest BCUT2D eigenvalue weighted by molar-refractivity contribution is -0.143. The van der Waals surface area contributed by atoms with Gasteiger partial charge in [0.15, 0.2) is 6.61 Å². The van der Waals surface area contributed by atoms with Gasteiger partial charge in [0.25, 0.3) is 5.91 Å². The molecule has 0 saturated carbocycles. The summed E-state index contributed by atoms with van der Waals surface area (Å²) in [4.78, 5) is 28.4. The molecule has 0 radical (unpaired) electrons. The van der Waals surface area contributed by atoms with Gasteiger partial charge in [-0.3, -0.25) is 9.59 Å². The molecule has 1 aliphatic heterocycles. The molecule has 0 N–H and O–H groups in total. The Balaban J connectivity index is 1.80. The van der Waals surface area contributed by atoms with E-state index in [0.29, 0.717) is 26.2 Å². The number of nitrogens with zero attached hydrogens (tertiary/aromatic N) is 2. The van der Waals surface area contributed by atoms with Crippen LogP contribution in [0.25, 0.3) is 0 Å². The largest absolute Gasteiger partial charge is 0.484 e. The van der Waals surface area contributed by atoms with Gasteiger partial charge in [0.2, 0.25) is 5.91 Å². The highest BCUT2D eigenvalue weighted by Crippen LogP contribution is 2.17. The van der Waals surface area contributed by atoms with E-state index < -0.39 is 0 Å². The molecule has 1 fully saturated rings. The van der Waals surface area contributed by atoms with Crippen molar-refractivity contribution in [2.45, 2.75) is 33.6 Å². The van der Waals surface area contributed by atoms with Crippen molar-refractivity contribution in [3.8, 4) is 5.75 Å². The van der Waals surface area contributed by atoms with Gasteiger partial charge < -0.3 is 14.5 Å². The van der Waals surface area contributed by atoms with Crippen LogP contribution in [0.2, 0.25) is 0 Å². The van der Waals surface area contributed by atoms with E-state index in [9.17, 15) is 9.59 Å². The van der Waals surface area contributed by atoms with Crippen LogP contribution in [0.15, 0.2) is 24.3 Å². The van der Waals surface area contributed by atoms with E-state index in [0.717, 1.165) is 24.2 Å². The number of aryl methyl sites for hydroxylation is 1. The Kier molecular flexibility index (Phi) is 6.64. The van der Waals surface area contributed by atoms with Gasteiger partial charge in [-0.2, -0.15) is 0 Å². The van der Waals surface area contributed by atoms with Crippen molar-refractivity contribution in [1.82, 2.24) is 9.80 Å². The molecule has 1 heterocycles. The maximum atomic E-state index is 12.4. The highest BCUT2D eigenvalue weighted by atomic mass is 16.5. The first-order chi connectivity index (χ1) is 11.6. The Morgan fingerprint density at radius 3 is 2.21 bits per heavy atom. The molecule has 0 atom stereocenters. The minimum absolute atomic E-state index is 0.0205. The number of amides is 2. The van der Waals surface area contributed by atoms with Gasteiger partial charge in [-0.1, -0.05) is 32.0 Å². The molecule has 1 aromatic carbocycles. The van der Waals surface area contributed by atoms with Gasteiger partial charge in [-0.05, 0) is 31.4 Å². The molecule has 24 heavy (non-hydrogen) atoms. The summed E-state index contributed by atoms with van der Waals surface area (Å²) >= 11 is 0. The van der Waals surface area contributed by atoms with Crippen LogP contribution < -0.4 is 4.74 Å². The van der Waals surface area contributed by atoms with Gasteiger partial charge in [-0.25, -0.2) is 0 Å². The monoisotopic (exact) mass is 332 g/mol. The molecular weight excluding hydrogens is 304 g/mol. The number of para-hydroxylation sites is 1. The predicted octanol–water partition coefficient (Wildman–Crippen LogP) is 2.48. The van der Waals surface area contributed by atoms with Crippen molar-refractivity contribution in [2.24, 2.45) is 5.92 Å². The van der Waals surface area contributed by atoms with E-state index in [1.165, 1.54) is 0 Å². The second-order valence-corrected chi connectivity index (χ2v) is 6.27. The first kappa shape index (κ1) is 18.3. The number of rotatable bonds is 6. The van der Waals surface area contributed by atoms with Gasteiger partial charge in [0, 0.05) is 32.1 Å². The normalized spacial score (nSPS) is 14.8. The molecule has 2 rings (SSSR count). The lowest BCUT2D eigenvalue weighted by Crippen LogP contribution is -2.52. The molecular formula is C19H28N2O3. The number of ether oxygens (including phenoxy) is 1. The Bertz CT molecular complexity index is 561. The quantitative estimate of drug-likeness (QED) is 0.804. The summed E-state index contributed by atoms with van der Waals surface area (Å²) in [5.41, 5.74) is 1.02. The van der Waals surface area contributed by atoms with Crippen LogP contribution in [0.3, 0.4) is 0 Å². The molecule has 0 aromatic heterocycles. The van der Waals surface area contributed by atoms with Gasteiger partial charge >= 0.3 is 0 Å². The Morgan fingerprint density at radius 1 is 1.04 bits per heavy atom. The van der Waals surface area contributed by atoms with E-state index in [4.69, 9.17) is 4.74 Å². The minimum Gasteiger partial charge on any atom is -0.484 e. The molecule has 0 bridgehead atoms. The summed E-state index contributed by atoms with van der Waals surface area (Å²) in [5, 5.41) is 0. The predicted molar refractivity (Wildman–Crippen MR) is 93.9 cm³/mol. The lowest BCUT2D eigenvalue weighted by atomic mass is 10.0. The Morgan fingerprint density at radius 2 is 1.62 bits per heavy atom. The van der Waals surface area contributed by atoms with Crippen molar-refractivity contribution in [2.75, 3.05) is 32.8 Å². The zero-order valence-corrected chi connectivity index (χ0v) is 15.0. The average molecular weight is 332 g/mol. The molecule has 1 aromatic rings. The van der Waals surface area contributed by atoms with Crippen LogP contribution in [0.4, 0.5) is 0 Å². The van der Waals surface area contributed by atoms with Crippen molar-refractivity contribution < 1.29 is 14.3 Å². The van der Waals surface area contributed by atoms with Crippen LogP contribution in [0, 0.1) is 12.8 Å². The molecule has 0 unspecified atom stereocenters. The van der Waals surface area contributed by atoms with E-state index in [2.05, 4.69) is 13.8 Å². The number of hydrogen-bond acceptors (Lipinski definition) is 3. The molecule has 132 valence electrons. The van der Waals surface area contributed by atoms with Crippen LogP contribution in [-0.4, -0.2) is 54.4 Å². The first-order valence-corrected chi connectivity index (χ1v) is 8.81. The van der Waals surface area contributed by atoms with E-state index >= 15 is 0 Å². The van der Waals surface area contributed by atoms with Crippen molar-refractivity contribution >= 4 is 11.8 Å². The highest BCUT2D eigenvalue weighted by molar-refractivity contribution is 5.80. The number of piperazine rings is 1. The van der Waals surface area contributed by atoms with Crippen LogP contribution >= 0.6 is 0 Å². The Hall–Kier alpha value is -2.04. The van der Waals surface area contributed by atoms with Crippen LogP contribution in [0.1, 0.15) is 32.3 Å². The fraction of sp³-hybridized carbons (Fsp3) is 0.579.